The fourth-order valence-corrected chi connectivity index (χ4v) is 1.71. The number of nitrogens with zero attached hydrogens (tertiary/aromatic N) is 1. The Labute approximate surface area is 114 Å². The number of aryl methyl sites for hydroxylation is 1. The van der Waals surface area contributed by atoms with Crippen LogP contribution < -0.4 is 16.0 Å². The molecule has 2 rings (SSSR count). The molecule has 0 atom stereocenters. The lowest BCUT2D eigenvalue weighted by Gasteiger charge is -2.03. The molecule has 0 radical (unpaired) electrons. The van der Waals surface area contributed by atoms with Crippen molar-refractivity contribution in [2.45, 2.75) is 13.5 Å². The van der Waals surface area contributed by atoms with Crippen LogP contribution in [0.2, 0.25) is 5.02 Å². The second kappa shape index (κ2) is 5.73. The number of nitrogens with one attached hydrogen (secondary N) is 1. The van der Waals surface area contributed by atoms with Crippen LogP contribution in [-0.2, 0) is 6.61 Å². The van der Waals surface area contributed by atoms with E-state index in [9.17, 15) is 4.79 Å². The molecular weight excluding hydrogens is 270 g/mol. The first kappa shape index (κ1) is 13.4. The maximum atomic E-state index is 11.4. The van der Waals surface area contributed by atoms with E-state index in [1.165, 1.54) is 12.4 Å². The van der Waals surface area contributed by atoms with E-state index in [0.29, 0.717) is 27.9 Å². The minimum absolute atomic E-state index is 0.167. The van der Waals surface area contributed by atoms with Gasteiger partial charge in [0.05, 0.1) is 16.8 Å². The highest BCUT2D eigenvalue weighted by molar-refractivity contribution is 6.30. The number of nitrogen functional groups attached to an aromatic ring is 1. The average molecular weight is 282 g/mol. The third-order valence-electron chi connectivity index (χ3n) is 2.41. The summed E-state index contributed by atoms with van der Waals surface area (Å²) in [5.74, 6) is 6.17. The van der Waals surface area contributed by atoms with Crippen molar-refractivity contribution in [3.63, 3.8) is 0 Å². The van der Waals surface area contributed by atoms with E-state index in [-0.39, 0.29) is 6.61 Å². The van der Waals surface area contributed by atoms with E-state index in [1.807, 2.05) is 5.43 Å². The monoisotopic (exact) mass is 281 g/mol. The third kappa shape index (κ3) is 3.24. The fourth-order valence-electron chi connectivity index (χ4n) is 1.54. The van der Waals surface area contributed by atoms with Gasteiger partial charge in [0.25, 0.3) is 5.91 Å². The smallest absolute Gasteiger partial charge is 0.268 e. The molecule has 0 aliphatic heterocycles. The first-order valence-electron chi connectivity index (χ1n) is 5.43. The third-order valence-corrected chi connectivity index (χ3v) is 2.61. The van der Waals surface area contributed by atoms with Crippen molar-refractivity contribution in [2.24, 2.45) is 5.84 Å². The van der Waals surface area contributed by atoms with Crippen molar-refractivity contribution < 1.29 is 13.9 Å². The highest BCUT2D eigenvalue weighted by Gasteiger charge is 2.14. The lowest BCUT2D eigenvalue weighted by Crippen LogP contribution is -2.30. The van der Waals surface area contributed by atoms with Gasteiger partial charge in [0.2, 0.25) is 0 Å². The van der Waals surface area contributed by atoms with Gasteiger partial charge in [-0.15, -0.1) is 0 Å². The molecule has 0 aromatic carbocycles. The summed E-state index contributed by atoms with van der Waals surface area (Å²) in [6.45, 7) is 1.84. The molecule has 0 saturated heterocycles. The van der Waals surface area contributed by atoms with Crippen LogP contribution in [0.15, 0.2) is 28.9 Å². The molecule has 2 aromatic rings. The Balaban J connectivity index is 2.06. The molecular formula is C12H12ClN3O3. The molecule has 0 bridgehead atoms. The maximum Gasteiger partial charge on any atom is 0.268 e. The summed E-state index contributed by atoms with van der Waals surface area (Å²) in [5, 5.41) is 0.483. The first-order valence-corrected chi connectivity index (χ1v) is 5.81. The van der Waals surface area contributed by atoms with Gasteiger partial charge in [-0.05, 0) is 13.0 Å². The van der Waals surface area contributed by atoms with Gasteiger partial charge >= 0.3 is 0 Å². The van der Waals surface area contributed by atoms with E-state index in [4.69, 9.17) is 26.6 Å². The second-order valence-corrected chi connectivity index (χ2v) is 4.22. The molecule has 2 heterocycles. The summed E-state index contributed by atoms with van der Waals surface area (Å²) in [4.78, 5) is 15.3. The first-order chi connectivity index (χ1) is 9.10. The normalized spacial score (nSPS) is 10.3. The number of carbonyl (C=O) groups excluding carboxylic acids is 1. The molecule has 0 saturated carbocycles. The topological polar surface area (TPSA) is 90.4 Å². The molecule has 3 N–H and O–H groups in total. The zero-order valence-electron chi connectivity index (χ0n) is 10.1. The number of amides is 1. The number of rotatable bonds is 4. The van der Waals surface area contributed by atoms with Crippen LogP contribution >= 0.6 is 11.6 Å². The number of hydrogen-bond acceptors (Lipinski definition) is 5. The minimum atomic E-state index is -0.406. The molecule has 0 spiro atoms. The lowest BCUT2D eigenvalue weighted by atomic mass is 10.2. The summed E-state index contributed by atoms with van der Waals surface area (Å²) < 4.78 is 10.8. The number of carbonyl (C=O) groups is 1. The minimum Gasteiger partial charge on any atom is -0.484 e. The van der Waals surface area contributed by atoms with Gasteiger partial charge in [-0.25, -0.2) is 5.84 Å². The summed E-state index contributed by atoms with van der Waals surface area (Å²) in [7, 11) is 0. The molecule has 2 aromatic heterocycles. The number of hydrogen-bond donors (Lipinski definition) is 2. The van der Waals surface area contributed by atoms with Gasteiger partial charge in [-0.2, -0.15) is 0 Å². The summed E-state index contributed by atoms with van der Waals surface area (Å²) in [6, 6.07) is 3.22. The molecule has 0 aliphatic rings. The largest absolute Gasteiger partial charge is 0.484 e. The van der Waals surface area contributed by atoms with Gasteiger partial charge < -0.3 is 9.15 Å². The molecule has 1 amide bonds. The van der Waals surface area contributed by atoms with Gasteiger partial charge in [0.1, 0.15) is 23.9 Å². The summed E-state index contributed by atoms with van der Waals surface area (Å²) >= 11 is 5.78. The fraction of sp³-hybridized carbons (Fsp3) is 0.167. The van der Waals surface area contributed by atoms with E-state index in [0.717, 1.165) is 0 Å². The van der Waals surface area contributed by atoms with Crippen LogP contribution in [-0.4, -0.2) is 10.9 Å². The Morgan fingerprint density at radius 3 is 3.00 bits per heavy atom. The van der Waals surface area contributed by atoms with Crippen LogP contribution in [0.3, 0.4) is 0 Å². The average Bonchev–Trinajstić information content (AvgIpc) is 2.77. The maximum absolute atomic E-state index is 11.4. The predicted octanol–water partition coefficient (Wildman–Crippen LogP) is 1.82. The molecule has 100 valence electrons. The number of pyridine rings is 1. The quantitative estimate of drug-likeness (QED) is 0.507. The molecule has 6 nitrogen and oxygen atoms in total. The van der Waals surface area contributed by atoms with Crippen molar-refractivity contribution in [1.82, 2.24) is 10.4 Å². The van der Waals surface area contributed by atoms with Crippen LogP contribution in [0.5, 0.6) is 5.75 Å². The summed E-state index contributed by atoms with van der Waals surface area (Å²) in [5.41, 5.74) is 2.43. The Kier molecular flexibility index (Phi) is 4.03. The molecule has 7 heteroatoms. The Morgan fingerprint density at radius 1 is 1.53 bits per heavy atom. The number of halogens is 1. The molecule has 0 unspecified atom stereocenters. The number of nitrogens with two attached hydrogens (primary N) is 1. The number of ether oxygens (including phenoxy) is 1. The van der Waals surface area contributed by atoms with Crippen molar-refractivity contribution in [3.8, 4) is 5.75 Å². The zero-order valence-corrected chi connectivity index (χ0v) is 10.9. The predicted molar refractivity (Wildman–Crippen MR) is 68.7 cm³/mol. The van der Waals surface area contributed by atoms with Crippen LogP contribution in [0, 0.1) is 6.92 Å². The standard InChI is InChI=1S/C12H12ClN3O3/c1-7-11(12(17)16-14)3-10(19-7)6-18-9-2-8(13)4-15-5-9/h2-5H,6,14H2,1H3,(H,16,17). The highest BCUT2D eigenvalue weighted by atomic mass is 35.5. The lowest BCUT2D eigenvalue weighted by molar-refractivity contribution is 0.0952. The van der Waals surface area contributed by atoms with Crippen LogP contribution in [0.4, 0.5) is 0 Å². The molecule has 0 fully saturated rings. The number of furan rings is 1. The van der Waals surface area contributed by atoms with Crippen molar-refractivity contribution >= 4 is 17.5 Å². The van der Waals surface area contributed by atoms with E-state index in [1.54, 1.807) is 19.1 Å². The SMILES string of the molecule is Cc1oc(COc2cncc(Cl)c2)cc1C(=O)NN. The summed E-state index contributed by atoms with van der Waals surface area (Å²) in [6.07, 6.45) is 3.05. The van der Waals surface area contributed by atoms with Gasteiger partial charge in [-0.3, -0.25) is 15.2 Å². The van der Waals surface area contributed by atoms with Crippen molar-refractivity contribution in [1.29, 1.82) is 0 Å². The van der Waals surface area contributed by atoms with Crippen molar-refractivity contribution in [3.05, 3.63) is 46.6 Å². The van der Waals surface area contributed by atoms with E-state index < -0.39 is 5.91 Å². The van der Waals surface area contributed by atoms with Gasteiger partial charge in [-0.1, -0.05) is 11.6 Å². The molecule has 0 aliphatic carbocycles. The van der Waals surface area contributed by atoms with Crippen LogP contribution in [0.1, 0.15) is 21.9 Å². The van der Waals surface area contributed by atoms with Gasteiger partial charge in [0.15, 0.2) is 0 Å². The Hall–Kier alpha value is -2.05. The highest BCUT2D eigenvalue weighted by Crippen LogP contribution is 2.19. The van der Waals surface area contributed by atoms with E-state index in [2.05, 4.69) is 4.98 Å². The Bertz CT molecular complexity index is 598. The molecule has 19 heavy (non-hydrogen) atoms. The Morgan fingerprint density at radius 2 is 2.32 bits per heavy atom. The van der Waals surface area contributed by atoms with Crippen molar-refractivity contribution in [2.75, 3.05) is 0 Å². The van der Waals surface area contributed by atoms with Gasteiger partial charge in [0, 0.05) is 12.3 Å². The zero-order chi connectivity index (χ0) is 13.8. The number of hydrazine groups is 1. The second-order valence-electron chi connectivity index (χ2n) is 3.78. The van der Waals surface area contributed by atoms with Crippen LogP contribution in [0.25, 0.3) is 0 Å². The van der Waals surface area contributed by atoms with E-state index >= 15 is 0 Å². The number of aromatic nitrogens is 1.